The molecule has 0 saturated heterocycles. The van der Waals surface area contributed by atoms with Crippen molar-refractivity contribution >= 4 is 15.8 Å². The molecule has 0 amide bonds. The first-order valence-electron chi connectivity index (χ1n) is 8.35. The van der Waals surface area contributed by atoms with Gasteiger partial charge in [0.1, 0.15) is 0 Å². The highest BCUT2D eigenvalue weighted by Gasteiger charge is 2.08. The van der Waals surface area contributed by atoms with Gasteiger partial charge in [0.2, 0.25) is 10.0 Å². The second-order valence-corrected chi connectivity index (χ2v) is 7.71. The molecule has 1 aromatic heterocycles. The molecule has 1 heterocycles. The van der Waals surface area contributed by atoms with Gasteiger partial charge < -0.3 is 5.32 Å². The lowest BCUT2D eigenvalue weighted by molar-refractivity contribution is 0.598. The van der Waals surface area contributed by atoms with Crippen LogP contribution < -0.4 is 16.0 Å². The highest BCUT2D eigenvalue weighted by atomic mass is 32.2. The van der Waals surface area contributed by atoms with E-state index in [1.54, 1.807) is 24.5 Å². The van der Waals surface area contributed by atoms with E-state index in [1.165, 1.54) is 16.7 Å². The summed E-state index contributed by atoms with van der Waals surface area (Å²) in [6.07, 6.45) is 3.81. The molecule has 3 rings (SSSR count). The summed E-state index contributed by atoms with van der Waals surface area (Å²) in [5.74, 6) is 0.263. The largest absolute Gasteiger partial charge is 0.365 e. The van der Waals surface area contributed by atoms with Crippen molar-refractivity contribution in [3.8, 4) is 5.69 Å². The molecule has 0 saturated carbocycles. The second-order valence-electron chi connectivity index (χ2n) is 6.15. The van der Waals surface area contributed by atoms with Crippen LogP contribution in [0.15, 0.2) is 70.6 Å². The SMILES string of the molecule is Cc1ccc(-n2ccnc(NCCc3ccc(S(N)(=O)=O)cc3)c2=O)cc1. The molecule has 140 valence electrons. The highest BCUT2D eigenvalue weighted by Crippen LogP contribution is 2.10. The third-order valence-corrected chi connectivity index (χ3v) is 5.04. The lowest BCUT2D eigenvalue weighted by Crippen LogP contribution is -2.24. The Balaban J connectivity index is 1.69. The van der Waals surface area contributed by atoms with Crippen molar-refractivity contribution in [2.45, 2.75) is 18.2 Å². The van der Waals surface area contributed by atoms with Crippen LogP contribution in [0.2, 0.25) is 0 Å². The quantitative estimate of drug-likeness (QED) is 0.674. The highest BCUT2D eigenvalue weighted by molar-refractivity contribution is 7.89. The van der Waals surface area contributed by atoms with Crippen LogP contribution in [0.25, 0.3) is 5.69 Å². The topological polar surface area (TPSA) is 107 Å². The average molecular weight is 384 g/mol. The maximum atomic E-state index is 12.6. The Morgan fingerprint density at radius 3 is 2.37 bits per heavy atom. The van der Waals surface area contributed by atoms with Crippen molar-refractivity contribution in [3.63, 3.8) is 0 Å². The van der Waals surface area contributed by atoms with Gasteiger partial charge in [-0.3, -0.25) is 9.36 Å². The molecule has 2 aromatic carbocycles. The molecule has 3 aromatic rings. The van der Waals surface area contributed by atoms with Gasteiger partial charge in [0.05, 0.1) is 4.90 Å². The summed E-state index contributed by atoms with van der Waals surface area (Å²) in [6.45, 7) is 2.47. The summed E-state index contributed by atoms with van der Waals surface area (Å²) in [6, 6.07) is 14.0. The number of nitrogens with two attached hydrogens (primary N) is 1. The number of rotatable bonds is 6. The maximum Gasteiger partial charge on any atom is 0.297 e. The van der Waals surface area contributed by atoms with Crippen LogP contribution in [0.3, 0.4) is 0 Å². The van der Waals surface area contributed by atoms with E-state index in [9.17, 15) is 13.2 Å². The van der Waals surface area contributed by atoms with Crippen molar-refractivity contribution in [1.82, 2.24) is 9.55 Å². The fraction of sp³-hybridized carbons (Fsp3) is 0.158. The van der Waals surface area contributed by atoms with Gasteiger partial charge in [0, 0.05) is 24.6 Å². The molecule has 0 fully saturated rings. The van der Waals surface area contributed by atoms with Crippen LogP contribution in [0.4, 0.5) is 5.82 Å². The number of hydrogen-bond acceptors (Lipinski definition) is 5. The molecule has 0 aliphatic carbocycles. The number of nitrogens with one attached hydrogen (secondary N) is 1. The molecule has 0 aliphatic rings. The Morgan fingerprint density at radius 1 is 1.07 bits per heavy atom. The first-order valence-corrected chi connectivity index (χ1v) is 9.89. The number of aryl methyl sites for hydroxylation is 1. The van der Waals surface area contributed by atoms with Crippen LogP contribution in [0.1, 0.15) is 11.1 Å². The summed E-state index contributed by atoms with van der Waals surface area (Å²) in [5.41, 5.74) is 2.58. The van der Waals surface area contributed by atoms with E-state index in [0.717, 1.165) is 16.8 Å². The van der Waals surface area contributed by atoms with E-state index < -0.39 is 10.0 Å². The van der Waals surface area contributed by atoms with Gasteiger partial charge >= 0.3 is 0 Å². The molecule has 27 heavy (non-hydrogen) atoms. The number of anilines is 1. The zero-order chi connectivity index (χ0) is 19.4. The van der Waals surface area contributed by atoms with Crippen molar-refractivity contribution in [2.24, 2.45) is 5.14 Å². The van der Waals surface area contributed by atoms with Crippen molar-refractivity contribution in [3.05, 3.63) is 82.4 Å². The predicted octanol–water partition coefficient (Wildman–Crippen LogP) is 1.84. The predicted molar refractivity (Wildman–Crippen MR) is 105 cm³/mol. The number of primary sulfonamides is 1. The van der Waals surface area contributed by atoms with Crippen molar-refractivity contribution in [1.29, 1.82) is 0 Å². The Kier molecular flexibility index (Phi) is 5.38. The summed E-state index contributed by atoms with van der Waals surface area (Å²) < 4.78 is 24.1. The lowest BCUT2D eigenvalue weighted by Gasteiger charge is -2.09. The fourth-order valence-electron chi connectivity index (χ4n) is 2.61. The van der Waals surface area contributed by atoms with E-state index in [2.05, 4.69) is 10.3 Å². The van der Waals surface area contributed by atoms with Gasteiger partial charge in [0.15, 0.2) is 5.82 Å². The number of hydrogen-bond donors (Lipinski definition) is 2. The van der Waals surface area contributed by atoms with Crippen LogP contribution in [-0.2, 0) is 16.4 Å². The minimum Gasteiger partial charge on any atom is -0.365 e. The number of sulfonamides is 1. The second kappa shape index (κ2) is 7.73. The van der Waals surface area contributed by atoms with Gasteiger partial charge in [0.25, 0.3) is 5.56 Å². The van der Waals surface area contributed by atoms with Crippen LogP contribution in [-0.4, -0.2) is 24.5 Å². The minimum atomic E-state index is -3.69. The molecule has 0 radical (unpaired) electrons. The molecular weight excluding hydrogens is 364 g/mol. The molecule has 0 unspecified atom stereocenters. The number of aromatic nitrogens is 2. The summed E-state index contributed by atoms with van der Waals surface area (Å²) >= 11 is 0. The van der Waals surface area contributed by atoms with Gasteiger partial charge in [-0.2, -0.15) is 0 Å². The molecule has 0 spiro atoms. The summed E-state index contributed by atoms with van der Waals surface area (Å²) in [7, 11) is -3.69. The van der Waals surface area contributed by atoms with E-state index in [0.29, 0.717) is 13.0 Å². The zero-order valence-electron chi connectivity index (χ0n) is 14.8. The Hall–Kier alpha value is -2.97. The molecule has 7 nitrogen and oxygen atoms in total. The fourth-order valence-corrected chi connectivity index (χ4v) is 3.13. The number of nitrogens with zero attached hydrogens (tertiary/aromatic N) is 2. The van der Waals surface area contributed by atoms with Crippen LogP contribution in [0, 0.1) is 6.92 Å². The standard InChI is InChI=1S/C19H20N4O3S/c1-14-2-6-16(7-3-14)23-13-12-22-18(19(23)24)21-11-10-15-4-8-17(9-5-15)27(20,25)26/h2-9,12-13H,10-11H2,1H3,(H,21,22)(H2,20,25,26). The monoisotopic (exact) mass is 384 g/mol. The van der Waals surface area contributed by atoms with E-state index in [1.807, 2.05) is 31.2 Å². The normalized spacial score (nSPS) is 11.3. The molecule has 0 aliphatic heterocycles. The minimum absolute atomic E-state index is 0.0740. The van der Waals surface area contributed by atoms with Gasteiger partial charge in [-0.1, -0.05) is 29.8 Å². The molecular formula is C19H20N4O3S. The van der Waals surface area contributed by atoms with E-state index >= 15 is 0 Å². The molecule has 3 N–H and O–H groups in total. The van der Waals surface area contributed by atoms with Crippen molar-refractivity contribution < 1.29 is 8.42 Å². The Labute approximate surface area is 157 Å². The van der Waals surface area contributed by atoms with Gasteiger partial charge in [-0.25, -0.2) is 18.5 Å². The third-order valence-electron chi connectivity index (χ3n) is 4.11. The number of benzene rings is 2. The van der Waals surface area contributed by atoms with Crippen LogP contribution >= 0.6 is 0 Å². The first kappa shape index (κ1) is 18.8. The molecule has 0 atom stereocenters. The summed E-state index contributed by atoms with van der Waals surface area (Å²) in [4.78, 5) is 16.8. The van der Waals surface area contributed by atoms with Crippen LogP contribution in [0.5, 0.6) is 0 Å². The van der Waals surface area contributed by atoms with Gasteiger partial charge in [-0.15, -0.1) is 0 Å². The van der Waals surface area contributed by atoms with Gasteiger partial charge in [-0.05, 0) is 43.2 Å². The zero-order valence-corrected chi connectivity index (χ0v) is 15.6. The lowest BCUT2D eigenvalue weighted by atomic mass is 10.1. The molecule has 0 bridgehead atoms. The molecule has 8 heteroatoms. The van der Waals surface area contributed by atoms with Crippen molar-refractivity contribution in [2.75, 3.05) is 11.9 Å². The average Bonchev–Trinajstić information content (AvgIpc) is 2.64. The maximum absolute atomic E-state index is 12.6. The Bertz CT molecular complexity index is 1090. The van der Waals surface area contributed by atoms with E-state index in [-0.39, 0.29) is 16.3 Å². The summed E-state index contributed by atoms with van der Waals surface area (Å²) in [5, 5.41) is 8.12. The Morgan fingerprint density at radius 2 is 1.74 bits per heavy atom. The van der Waals surface area contributed by atoms with E-state index in [4.69, 9.17) is 5.14 Å². The first-order chi connectivity index (χ1) is 12.8. The smallest absolute Gasteiger partial charge is 0.297 e. The third kappa shape index (κ3) is 4.60.